The predicted molar refractivity (Wildman–Crippen MR) is 76.8 cm³/mol. The molecule has 1 amide bonds. The molecule has 0 spiro atoms. The van der Waals surface area contributed by atoms with E-state index in [2.05, 4.69) is 21.2 Å². The van der Waals surface area contributed by atoms with Crippen molar-refractivity contribution in [1.29, 1.82) is 0 Å². The summed E-state index contributed by atoms with van der Waals surface area (Å²) in [4.78, 5) is 23.0. The van der Waals surface area contributed by atoms with E-state index in [0.29, 0.717) is 17.7 Å². The normalized spacial score (nSPS) is 20.7. The van der Waals surface area contributed by atoms with E-state index < -0.39 is 11.9 Å². The number of hydrogen-bond donors (Lipinski definition) is 2. The van der Waals surface area contributed by atoms with Gasteiger partial charge in [-0.05, 0) is 24.6 Å². The first-order valence-corrected chi connectivity index (χ1v) is 6.86. The standard InChI is InChI=1S/C14H14BrNO4/c1-20-12-7-9(15)3-5-11(12)13(17)16-10-4-2-8(6-10)14(18)19/h2-5,7-8,10H,6H2,1H3,(H,16,17)(H,18,19). The smallest absolute Gasteiger partial charge is 0.310 e. The Labute approximate surface area is 124 Å². The lowest BCUT2D eigenvalue weighted by atomic mass is 10.1. The highest BCUT2D eigenvalue weighted by atomic mass is 79.9. The van der Waals surface area contributed by atoms with Crippen LogP contribution in [0.3, 0.4) is 0 Å². The maximum atomic E-state index is 12.2. The molecule has 1 aliphatic rings. The molecule has 106 valence electrons. The maximum absolute atomic E-state index is 12.2. The molecular formula is C14H14BrNO4. The van der Waals surface area contributed by atoms with Crippen molar-refractivity contribution in [3.63, 3.8) is 0 Å². The molecule has 2 atom stereocenters. The predicted octanol–water partition coefficient (Wildman–Crippen LogP) is 2.22. The molecule has 0 heterocycles. The molecule has 0 aliphatic heterocycles. The first kappa shape index (κ1) is 14.6. The molecule has 2 rings (SSSR count). The lowest BCUT2D eigenvalue weighted by molar-refractivity contribution is -0.140. The minimum absolute atomic E-state index is 0.267. The third-order valence-electron chi connectivity index (χ3n) is 3.13. The summed E-state index contributed by atoms with van der Waals surface area (Å²) in [5.74, 6) is -1.23. The summed E-state index contributed by atoms with van der Waals surface area (Å²) in [5, 5.41) is 11.7. The van der Waals surface area contributed by atoms with Crippen molar-refractivity contribution in [3.05, 3.63) is 40.4 Å². The highest BCUT2D eigenvalue weighted by Crippen LogP contribution is 2.24. The van der Waals surface area contributed by atoms with E-state index in [4.69, 9.17) is 9.84 Å². The Hall–Kier alpha value is -1.82. The summed E-state index contributed by atoms with van der Waals surface area (Å²) < 4.78 is 5.99. The van der Waals surface area contributed by atoms with Crippen molar-refractivity contribution >= 4 is 27.8 Å². The number of carboxylic acids is 1. The number of rotatable bonds is 4. The van der Waals surface area contributed by atoms with Gasteiger partial charge < -0.3 is 15.2 Å². The van der Waals surface area contributed by atoms with Gasteiger partial charge in [-0.15, -0.1) is 0 Å². The monoisotopic (exact) mass is 339 g/mol. The number of methoxy groups -OCH3 is 1. The zero-order chi connectivity index (χ0) is 14.7. The first-order valence-electron chi connectivity index (χ1n) is 6.07. The number of hydrogen-bond acceptors (Lipinski definition) is 3. The van der Waals surface area contributed by atoms with E-state index in [1.54, 1.807) is 30.4 Å². The van der Waals surface area contributed by atoms with E-state index in [1.165, 1.54) is 7.11 Å². The van der Waals surface area contributed by atoms with E-state index in [1.807, 2.05) is 0 Å². The molecule has 5 nitrogen and oxygen atoms in total. The molecule has 20 heavy (non-hydrogen) atoms. The van der Waals surface area contributed by atoms with Crippen LogP contribution < -0.4 is 10.1 Å². The number of nitrogens with one attached hydrogen (secondary N) is 1. The van der Waals surface area contributed by atoms with Crippen LogP contribution in [0, 0.1) is 5.92 Å². The molecule has 0 saturated heterocycles. The van der Waals surface area contributed by atoms with Gasteiger partial charge in [0.15, 0.2) is 0 Å². The molecule has 1 aliphatic carbocycles. The topological polar surface area (TPSA) is 75.6 Å². The summed E-state index contributed by atoms with van der Waals surface area (Å²) in [6.07, 6.45) is 3.69. The second-order valence-electron chi connectivity index (χ2n) is 4.49. The van der Waals surface area contributed by atoms with Crippen LogP contribution in [0.4, 0.5) is 0 Å². The van der Waals surface area contributed by atoms with Gasteiger partial charge in [-0.1, -0.05) is 28.1 Å². The summed E-state index contributed by atoms with van der Waals surface area (Å²) in [5.41, 5.74) is 0.419. The van der Waals surface area contributed by atoms with Crippen molar-refractivity contribution in [2.75, 3.05) is 7.11 Å². The van der Waals surface area contributed by atoms with E-state index in [0.717, 1.165) is 4.47 Å². The molecule has 0 saturated carbocycles. The number of carbonyl (C=O) groups excluding carboxylic acids is 1. The highest BCUT2D eigenvalue weighted by Gasteiger charge is 2.26. The van der Waals surface area contributed by atoms with Crippen LogP contribution >= 0.6 is 15.9 Å². The molecule has 0 radical (unpaired) electrons. The molecule has 1 aromatic rings. The zero-order valence-corrected chi connectivity index (χ0v) is 12.4. The van der Waals surface area contributed by atoms with Crippen molar-refractivity contribution < 1.29 is 19.4 Å². The van der Waals surface area contributed by atoms with E-state index in [9.17, 15) is 9.59 Å². The number of benzene rings is 1. The van der Waals surface area contributed by atoms with Crippen LogP contribution in [-0.2, 0) is 4.79 Å². The van der Waals surface area contributed by atoms with Crippen LogP contribution in [0.2, 0.25) is 0 Å². The number of aliphatic carboxylic acids is 1. The SMILES string of the molecule is COc1cc(Br)ccc1C(=O)NC1C=CC(C(=O)O)C1. The fourth-order valence-corrected chi connectivity index (χ4v) is 2.43. The minimum Gasteiger partial charge on any atom is -0.496 e. The Balaban J connectivity index is 2.07. The minimum atomic E-state index is -0.876. The van der Waals surface area contributed by atoms with Gasteiger partial charge in [-0.2, -0.15) is 0 Å². The highest BCUT2D eigenvalue weighted by molar-refractivity contribution is 9.10. The van der Waals surface area contributed by atoms with Gasteiger partial charge in [0, 0.05) is 10.5 Å². The molecular weight excluding hydrogens is 326 g/mol. The second-order valence-corrected chi connectivity index (χ2v) is 5.41. The number of ether oxygens (including phenoxy) is 1. The quantitative estimate of drug-likeness (QED) is 0.824. The van der Waals surface area contributed by atoms with E-state index >= 15 is 0 Å². The maximum Gasteiger partial charge on any atom is 0.310 e. The second kappa shape index (κ2) is 6.09. The Morgan fingerprint density at radius 1 is 1.40 bits per heavy atom. The van der Waals surface area contributed by atoms with Gasteiger partial charge in [0.2, 0.25) is 0 Å². The van der Waals surface area contributed by atoms with Gasteiger partial charge in [-0.3, -0.25) is 9.59 Å². The number of carbonyl (C=O) groups is 2. The van der Waals surface area contributed by atoms with Crippen LogP contribution in [0.15, 0.2) is 34.8 Å². The fourth-order valence-electron chi connectivity index (χ4n) is 2.09. The third kappa shape index (κ3) is 3.19. The average molecular weight is 340 g/mol. The summed E-state index contributed by atoms with van der Waals surface area (Å²) in [6, 6.07) is 4.85. The van der Waals surface area contributed by atoms with E-state index in [-0.39, 0.29) is 11.9 Å². The Morgan fingerprint density at radius 3 is 2.75 bits per heavy atom. The van der Waals surface area contributed by atoms with Gasteiger partial charge in [0.25, 0.3) is 5.91 Å². The van der Waals surface area contributed by atoms with Gasteiger partial charge in [0.05, 0.1) is 18.6 Å². The molecule has 2 unspecified atom stereocenters. The van der Waals surface area contributed by atoms with Gasteiger partial charge in [0.1, 0.15) is 5.75 Å². The molecule has 6 heteroatoms. The van der Waals surface area contributed by atoms with Crippen molar-refractivity contribution in [1.82, 2.24) is 5.32 Å². The molecule has 0 aromatic heterocycles. The van der Waals surface area contributed by atoms with Gasteiger partial charge in [-0.25, -0.2) is 0 Å². The molecule has 0 fully saturated rings. The fraction of sp³-hybridized carbons (Fsp3) is 0.286. The van der Waals surface area contributed by atoms with Crippen LogP contribution in [-0.4, -0.2) is 30.1 Å². The van der Waals surface area contributed by atoms with Gasteiger partial charge >= 0.3 is 5.97 Å². The summed E-state index contributed by atoms with van der Waals surface area (Å²) in [6.45, 7) is 0. The van der Waals surface area contributed by atoms with Crippen molar-refractivity contribution in [3.8, 4) is 5.75 Å². The van der Waals surface area contributed by atoms with Crippen LogP contribution in [0.25, 0.3) is 0 Å². The summed E-state index contributed by atoms with van der Waals surface area (Å²) in [7, 11) is 1.49. The zero-order valence-electron chi connectivity index (χ0n) is 10.8. The number of carboxylic acid groups (broad SMARTS) is 1. The van der Waals surface area contributed by atoms with Crippen molar-refractivity contribution in [2.45, 2.75) is 12.5 Å². The van der Waals surface area contributed by atoms with Crippen molar-refractivity contribution in [2.24, 2.45) is 5.92 Å². The lowest BCUT2D eigenvalue weighted by Crippen LogP contribution is -2.33. The number of amides is 1. The molecule has 1 aromatic carbocycles. The molecule has 0 bridgehead atoms. The Morgan fingerprint density at radius 2 is 2.15 bits per heavy atom. The number of halogens is 1. The van der Waals surface area contributed by atoms with Crippen LogP contribution in [0.5, 0.6) is 5.75 Å². The molecule has 2 N–H and O–H groups in total. The average Bonchev–Trinajstić information content (AvgIpc) is 2.87. The lowest BCUT2D eigenvalue weighted by Gasteiger charge is -2.14. The third-order valence-corrected chi connectivity index (χ3v) is 3.62. The largest absolute Gasteiger partial charge is 0.496 e. The van der Waals surface area contributed by atoms with Crippen LogP contribution in [0.1, 0.15) is 16.8 Å². The Kier molecular flexibility index (Phi) is 4.44. The Bertz CT molecular complexity index is 570. The summed E-state index contributed by atoms with van der Waals surface area (Å²) >= 11 is 3.31. The first-order chi connectivity index (χ1) is 9.51.